The van der Waals surface area contributed by atoms with E-state index >= 15 is 0 Å². The quantitative estimate of drug-likeness (QED) is 0.589. The van der Waals surface area contributed by atoms with Gasteiger partial charge in [-0.25, -0.2) is 0 Å². The van der Waals surface area contributed by atoms with Crippen molar-refractivity contribution < 1.29 is 9.53 Å². The molecule has 20 heavy (non-hydrogen) atoms. The van der Waals surface area contributed by atoms with Crippen LogP contribution < -0.4 is 4.74 Å². The average Bonchev–Trinajstić information content (AvgIpc) is 2.44. The van der Waals surface area contributed by atoms with Crippen LogP contribution in [0.25, 0.3) is 0 Å². The number of likely N-dealkylation sites (tertiary alicyclic amines) is 1. The van der Waals surface area contributed by atoms with Crippen LogP contribution in [0.2, 0.25) is 0 Å². The summed E-state index contributed by atoms with van der Waals surface area (Å²) in [5, 5.41) is 0. The summed E-state index contributed by atoms with van der Waals surface area (Å²) in [5.41, 5.74) is 0.736. The smallest absolute Gasteiger partial charge is 0.159 e. The molecule has 1 fully saturated rings. The second-order valence-electron chi connectivity index (χ2n) is 5.83. The second-order valence-corrected chi connectivity index (χ2v) is 5.83. The third kappa shape index (κ3) is 4.64. The molecule has 1 aliphatic heterocycles. The molecule has 0 amide bonds. The largest absolute Gasteiger partial charge is 0.494 e. The molecule has 0 N–H and O–H groups in total. The monoisotopic (exact) mass is 275 g/mol. The summed E-state index contributed by atoms with van der Waals surface area (Å²) in [4.78, 5) is 13.7. The molecule has 1 heterocycles. The van der Waals surface area contributed by atoms with Crippen molar-refractivity contribution in [3.8, 4) is 5.75 Å². The van der Waals surface area contributed by atoms with Crippen molar-refractivity contribution in [1.82, 2.24) is 4.90 Å². The Morgan fingerprint density at radius 1 is 1.35 bits per heavy atom. The number of nitrogens with zero attached hydrogens (tertiary/aromatic N) is 1. The lowest BCUT2D eigenvalue weighted by Gasteiger charge is -2.30. The molecular weight excluding hydrogens is 250 g/mol. The van der Waals surface area contributed by atoms with Gasteiger partial charge in [-0.1, -0.05) is 6.92 Å². The van der Waals surface area contributed by atoms with Gasteiger partial charge in [0.15, 0.2) is 5.78 Å². The molecule has 1 atom stereocenters. The SMILES string of the molecule is CC(=O)c1ccc(OCCCN2CCC[C@H](C)C2)cc1. The van der Waals surface area contributed by atoms with Crippen LogP contribution in [0, 0.1) is 5.92 Å². The van der Waals surface area contributed by atoms with E-state index in [1.807, 2.05) is 24.3 Å². The summed E-state index contributed by atoms with van der Waals surface area (Å²) in [6, 6.07) is 7.40. The summed E-state index contributed by atoms with van der Waals surface area (Å²) in [5.74, 6) is 1.78. The van der Waals surface area contributed by atoms with Crippen LogP contribution >= 0.6 is 0 Å². The third-order valence-electron chi connectivity index (χ3n) is 3.89. The minimum Gasteiger partial charge on any atom is -0.494 e. The molecule has 1 saturated heterocycles. The molecule has 0 saturated carbocycles. The van der Waals surface area contributed by atoms with E-state index in [2.05, 4.69) is 11.8 Å². The van der Waals surface area contributed by atoms with Crippen molar-refractivity contribution in [2.24, 2.45) is 5.92 Å². The molecule has 0 bridgehead atoms. The van der Waals surface area contributed by atoms with E-state index in [9.17, 15) is 4.79 Å². The molecule has 0 spiro atoms. The summed E-state index contributed by atoms with van der Waals surface area (Å²) >= 11 is 0. The van der Waals surface area contributed by atoms with Gasteiger partial charge >= 0.3 is 0 Å². The van der Waals surface area contributed by atoms with Gasteiger partial charge < -0.3 is 9.64 Å². The molecule has 2 rings (SSSR count). The average molecular weight is 275 g/mol. The Kier molecular flexibility index (Phi) is 5.60. The van der Waals surface area contributed by atoms with Crippen molar-refractivity contribution in [2.75, 3.05) is 26.2 Å². The van der Waals surface area contributed by atoms with Gasteiger partial charge in [0.25, 0.3) is 0 Å². The van der Waals surface area contributed by atoms with Crippen molar-refractivity contribution in [3.63, 3.8) is 0 Å². The number of carbonyl (C=O) groups excluding carboxylic acids is 1. The lowest BCUT2D eigenvalue weighted by molar-refractivity contribution is 0.101. The lowest BCUT2D eigenvalue weighted by atomic mass is 10.0. The minimum atomic E-state index is 0.0933. The highest BCUT2D eigenvalue weighted by atomic mass is 16.5. The molecule has 1 aliphatic rings. The number of piperidine rings is 1. The van der Waals surface area contributed by atoms with Crippen molar-refractivity contribution in [2.45, 2.75) is 33.1 Å². The van der Waals surface area contributed by atoms with Crippen LogP contribution in [0.5, 0.6) is 5.75 Å². The summed E-state index contributed by atoms with van der Waals surface area (Å²) in [6.45, 7) is 8.24. The Labute approximate surface area is 121 Å². The van der Waals surface area contributed by atoms with Crippen LogP contribution in [0.1, 0.15) is 43.5 Å². The van der Waals surface area contributed by atoms with Crippen LogP contribution in [-0.2, 0) is 0 Å². The maximum absolute atomic E-state index is 11.2. The molecule has 0 unspecified atom stereocenters. The molecule has 0 aromatic heterocycles. The Morgan fingerprint density at radius 3 is 2.75 bits per heavy atom. The van der Waals surface area contributed by atoms with Crippen molar-refractivity contribution in [3.05, 3.63) is 29.8 Å². The maximum atomic E-state index is 11.2. The topological polar surface area (TPSA) is 29.5 Å². The van der Waals surface area contributed by atoms with E-state index in [1.165, 1.54) is 25.9 Å². The Morgan fingerprint density at radius 2 is 2.10 bits per heavy atom. The number of carbonyl (C=O) groups is 1. The predicted octanol–water partition coefficient (Wildman–Crippen LogP) is 3.39. The van der Waals surface area contributed by atoms with E-state index in [0.29, 0.717) is 0 Å². The molecular formula is C17H25NO2. The predicted molar refractivity (Wildman–Crippen MR) is 81.4 cm³/mol. The standard InChI is InChI=1S/C17H25NO2/c1-14-5-3-10-18(13-14)11-4-12-20-17-8-6-16(7-9-17)15(2)19/h6-9,14H,3-5,10-13H2,1-2H3/t14-/m0/s1. The zero-order valence-corrected chi connectivity index (χ0v) is 12.6. The summed E-state index contributed by atoms with van der Waals surface area (Å²) < 4.78 is 5.72. The van der Waals surface area contributed by atoms with E-state index < -0.39 is 0 Å². The first-order chi connectivity index (χ1) is 9.65. The van der Waals surface area contributed by atoms with Gasteiger partial charge in [-0.15, -0.1) is 0 Å². The Bertz CT molecular complexity index is 427. The van der Waals surface area contributed by atoms with Gasteiger partial charge in [0, 0.05) is 18.7 Å². The van der Waals surface area contributed by atoms with Gasteiger partial charge in [-0.3, -0.25) is 4.79 Å². The van der Waals surface area contributed by atoms with Gasteiger partial charge in [0.1, 0.15) is 5.75 Å². The summed E-state index contributed by atoms with van der Waals surface area (Å²) in [7, 11) is 0. The number of ketones is 1. The highest BCUT2D eigenvalue weighted by molar-refractivity contribution is 5.94. The minimum absolute atomic E-state index is 0.0933. The fourth-order valence-corrected chi connectivity index (χ4v) is 2.75. The van der Waals surface area contributed by atoms with Gasteiger partial charge in [0.2, 0.25) is 0 Å². The van der Waals surface area contributed by atoms with Crippen LogP contribution in [0.15, 0.2) is 24.3 Å². The number of ether oxygens (including phenoxy) is 1. The highest BCUT2D eigenvalue weighted by Crippen LogP contribution is 2.16. The Balaban J connectivity index is 1.66. The van der Waals surface area contributed by atoms with Gasteiger partial charge in [-0.05, 0) is 62.9 Å². The molecule has 1 aromatic rings. The van der Waals surface area contributed by atoms with E-state index in [1.54, 1.807) is 6.92 Å². The fourth-order valence-electron chi connectivity index (χ4n) is 2.75. The first kappa shape index (κ1) is 15.0. The molecule has 3 nitrogen and oxygen atoms in total. The summed E-state index contributed by atoms with van der Waals surface area (Å²) in [6.07, 6.45) is 3.76. The van der Waals surface area contributed by atoms with E-state index in [-0.39, 0.29) is 5.78 Å². The fraction of sp³-hybridized carbons (Fsp3) is 0.588. The number of hydrogen-bond acceptors (Lipinski definition) is 3. The Hall–Kier alpha value is -1.35. The molecule has 1 aromatic carbocycles. The zero-order chi connectivity index (χ0) is 14.4. The number of rotatable bonds is 6. The molecule has 110 valence electrons. The first-order valence-corrected chi connectivity index (χ1v) is 7.61. The molecule has 3 heteroatoms. The van der Waals surface area contributed by atoms with Crippen LogP contribution in [0.3, 0.4) is 0 Å². The molecule has 0 radical (unpaired) electrons. The third-order valence-corrected chi connectivity index (χ3v) is 3.89. The second kappa shape index (κ2) is 7.44. The van der Waals surface area contributed by atoms with E-state index in [0.717, 1.165) is 36.8 Å². The molecule has 0 aliphatic carbocycles. The van der Waals surface area contributed by atoms with Gasteiger partial charge in [0.05, 0.1) is 6.61 Å². The van der Waals surface area contributed by atoms with E-state index in [4.69, 9.17) is 4.74 Å². The van der Waals surface area contributed by atoms with Crippen LogP contribution in [0.4, 0.5) is 0 Å². The first-order valence-electron chi connectivity index (χ1n) is 7.61. The van der Waals surface area contributed by atoms with Crippen molar-refractivity contribution in [1.29, 1.82) is 0 Å². The zero-order valence-electron chi connectivity index (χ0n) is 12.6. The maximum Gasteiger partial charge on any atom is 0.159 e. The number of Topliss-reactive ketones (excluding diaryl/α,β-unsaturated/α-hetero) is 1. The van der Waals surface area contributed by atoms with Gasteiger partial charge in [-0.2, -0.15) is 0 Å². The number of benzene rings is 1. The normalized spacial score (nSPS) is 19.8. The number of hydrogen-bond donors (Lipinski definition) is 0. The van der Waals surface area contributed by atoms with Crippen molar-refractivity contribution >= 4 is 5.78 Å². The highest BCUT2D eigenvalue weighted by Gasteiger charge is 2.15. The lowest BCUT2D eigenvalue weighted by Crippen LogP contribution is -2.35. The van der Waals surface area contributed by atoms with Crippen LogP contribution in [-0.4, -0.2) is 36.9 Å².